The first-order valence-electron chi connectivity index (χ1n) is 24.0. The number of esters is 1. The Kier molecular flexibility index (Phi) is 42.7. The van der Waals surface area contributed by atoms with Gasteiger partial charge < -0.3 is 20.3 Å². The van der Waals surface area contributed by atoms with Crippen LogP contribution in [0.5, 0.6) is 0 Å². The van der Waals surface area contributed by atoms with E-state index < -0.39 is 18.2 Å². The lowest BCUT2D eigenvalue weighted by Crippen LogP contribution is -2.46. The van der Waals surface area contributed by atoms with Crippen molar-refractivity contribution in [1.29, 1.82) is 0 Å². The standard InChI is InChI=1S/C51H91NO5/c1-4-7-10-13-16-18-20-22-24-25-26-28-30-32-35-38-41-44-51(56)57-47(42-39-36-33-15-12-9-6-3)45-50(55)52-48(46-53)49(54)43-40-37-34-31-29-27-23-21-19-17-14-11-8-5-2/h7,10,16,18,22,24,26,28,32,35,47-49,53-54H,4-6,8-9,11-15,17,19-21,23,25,27,29-31,33-34,36-46H2,1-3H3,(H,52,55)/b10-7-,18-16-,24-22-,28-26-,35-32-. The van der Waals surface area contributed by atoms with Gasteiger partial charge in [0.25, 0.3) is 0 Å². The van der Waals surface area contributed by atoms with Crippen molar-refractivity contribution in [3.05, 3.63) is 60.8 Å². The second-order valence-corrected chi connectivity index (χ2v) is 16.1. The van der Waals surface area contributed by atoms with Crippen LogP contribution in [0.25, 0.3) is 0 Å². The highest BCUT2D eigenvalue weighted by Gasteiger charge is 2.24. The number of aliphatic hydroxyl groups excluding tert-OH is 2. The van der Waals surface area contributed by atoms with Crippen LogP contribution in [0.15, 0.2) is 60.8 Å². The molecule has 57 heavy (non-hydrogen) atoms. The largest absolute Gasteiger partial charge is 0.462 e. The summed E-state index contributed by atoms with van der Waals surface area (Å²) in [6.07, 6.45) is 54.4. The SMILES string of the molecule is CC/C=C\C/C=C\C/C=C\C/C=C\C/C=C\CCCC(=O)OC(CCCCCCCCC)CC(=O)NC(CO)C(O)CCCCCCCCCCCCCCCC. The third kappa shape index (κ3) is 40.1. The minimum atomic E-state index is -0.795. The topological polar surface area (TPSA) is 95.9 Å². The van der Waals surface area contributed by atoms with Crippen molar-refractivity contribution >= 4 is 11.9 Å². The third-order valence-electron chi connectivity index (χ3n) is 10.6. The maximum absolute atomic E-state index is 13.1. The Morgan fingerprint density at radius 1 is 0.526 bits per heavy atom. The molecule has 3 N–H and O–H groups in total. The van der Waals surface area contributed by atoms with Crippen LogP contribution in [0.1, 0.15) is 226 Å². The predicted molar refractivity (Wildman–Crippen MR) is 245 cm³/mol. The molecule has 1 amide bonds. The van der Waals surface area contributed by atoms with Crippen LogP contribution in [0, 0.1) is 0 Å². The molecule has 0 radical (unpaired) electrons. The fourth-order valence-electron chi connectivity index (χ4n) is 6.99. The van der Waals surface area contributed by atoms with Crippen molar-refractivity contribution in [2.24, 2.45) is 0 Å². The molecule has 0 fully saturated rings. The number of allylic oxidation sites excluding steroid dienone is 10. The van der Waals surface area contributed by atoms with E-state index in [1.54, 1.807) is 0 Å². The van der Waals surface area contributed by atoms with Gasteiger partial charge in [-0.15, -0.1) is 0 Å². The fourth-order valence-corrected chi connectivity index (χ4v) is 6.99. The quantitative estimate of drug-likeness (QED) is 0.0325. The molecule has 6 nitrogen and oxygen atoms in total. The van der Waals surface area contributed by atoms with Gasteiger partial charge in [0.2, 0.25) is 5.91 Å². The fraction of sp³-hybridized carbons (Fsp3) is 0.765. The van der Waals surface area contributed by atoms with Crippen LogP contribution < -0.4 is 5.32 Å². The van der Waals surface area contributed by atoms with Crippen LogP contribution in [0.3, 0.4) is 0 Å². The summed E-state index contributed by atoms with van der Waals surface area (Å²) >= 11 is 0. The summed E-state index contributed by atoms with van der Waals surface area (Å²) in [5.74, 6) is -0.548. The minimum Gasteiger partial charge on any atom is -0.462 e. The highest BCUT2D eigenvalue weighted by molar-refractivity contribution is 5.77. The van der Waals surface area contributed by atoms with Crippen molar-refractivity contribution in [2.45, 2.75) is 244 Å². The van der Waals surface area contributed by atoms with E-state index in [1.807, 2.05) is 0 Å². The molecule has 0 aromatic rings. The van der Waals surface area contributed by atoms with E-state index in [2.05, 4.69) is 86.8 Å². The van der Waals surface area contributed by atoms with Crippen molar-refractivity contribution in [2.75, 3.05) is 6.61 Å². The molecular weight excluding hydrogens is 707 g/mol. The van der Waals surface area contributed by atoms with Crippen LogP contribution >= 0.6 is 0 Å². The minimum absolute atomic E-state index is 0.0540. The van der Waals surface area contributed by atoms with Gasteiger partial charge in [0.1, 0.15) is 6.10 Å². The zero-order valence-corrected chi connectivity index (χ0v) is 37.5. The smallest absolute Gasteiger partial charge is 0.306 e. The van der Waals surface area contributed by atoms with Crippen LogP contribution in [-0.2, 0) is 14.3 Å². The number of aliphatic hydroxyl groups is 2. The molecule has 6 heteroatoms. The number of carbonyl (C=O) groups excluding carboxylic acids is 2. The van der Waals surface area contributed by atoms with Gasteiger partial charge in [-0.2, -0.15) is 0 Å². The lowest BCUT2D eigenvalue weighted by atomic mass is 10.0. The molecule has 3 unspecified atom stereocenters. The maximum atomic E-state index is 13.1. The van der Waals surface area contributed by atoms with Crippen molar-refractivity contribution < 1.29 is 24.5 Å². The second-order valence-electron chi connectivity index (χ2n) is 16.1. The van der Waals surface area contributed by atoms with E-state index in [9.17, 15) is 19.8 Å². The average molecular weight is 798 g/mol. The number of carbonyl (C=O) groups is 2. The summed E-state index contributed by atoms with van der Waals surface area (Å²) in [7, 11) is 0. The highest BCUT2D eigenvalue weighted by Crippen LogP contribution is 2.17. The Bertz CT molecular complexity index is 1030. The van der Waals surface area contributed by atoms with E-state index in [4.69, 9.17) is 4.74 Å². The van der Waals surface area contributed by atoms with Crippen molar-refractivity contribution in [1.82, 2.24) is 5.32 Å². The molecule has 0 saturated carbocycles. The van der Waals surface area contributed by atoms with E-state index in [0.29, 0.717) is 25.7 Å². The van der Waals surface area contributed by atoms with Gasteiger partial charge in [-0.05, 0) is 64.2 Å². The van der Waals surface area contributed by atoms with E-state index in [1.165, 1.54) is 96.3 Å². The normalized spacial score (nSPS) is 13.8. The lowest BCUT2D eigenvalue weighted by Gasteiger charge is -2.24. The van der Waals surface area contributed by atoms with E-state index in [-0.39, 0.29) is 24.9 Å². The van der Waals surface area contributed by atoms with Gasteiger partial charge in [0.15, 0.2) is 0 Å². The molecule has 0 spiro atoms. The Balaban J connectivity index is 4.49. The van der Waals surface area contributed by atoms with Gasteiger partial charge in [-0.1, -0.05) is 210 Å². The number of nitrogens with one attached hydrogen (secondary N) is 1. The number of rotatable bonds is 42. The molecule has 0 rings (SSSR count). The molecule has 0 saturated heterocycles. The molecule has 3 atom stereocenters. The molecular formula is C51H91NO5. The predicted octanol–water partition coefficient (Wildman–Crippen LogP) is 14.1. The monoisotopic (exact) mass is 798 g/mol. The molecule has 330 valence electrons. The number of hydrogen-bond acceptors (Lipinski definition) is 5. The Labute approximate surface area is 352 Å². The first kappa shape index (κ1) is 54.6. The van der Waals surface area contributed by atoms with E-state index in [0.717, 1.165) is 77.0 Å². The second kappa shape index (κ2) is 44.7. The van der Waals surface area contributed by atoms with Crippen molar-refractivity contribution in [3.8, 4) is 0 Å². The van der Waals surface area contributed by atoms with Crippen LogP contribution in [0.4, 0.5) is 0 Å². The lowest BCUT2D eigenvalue weighted by molar-refractivity contribution is -0.151. The van der Waals surface area contributed by atoms with Crippen LogP contribution in [-0.4, -0.2) is 46.9 Å². The number of ether oxygens (including phenoxy) is 1. The summed E-state index contributed by atoms with van der Waals surface area (Å²) in [4.78, 5) is 25.9. The summed E-state index contributed by atoms with van der Waals surface area (Å²) in [6, 6.07) is -0.710. The average Bonchev–Trinajstić information content (AvgIpc) is 3.20. The number of unbranched alkanes of at least 4 members (excludes halogenated alkanes) is 20. The molecule has 0 aliphatic heterocycles. The Hall–Kier alpha value is -2.44. The summed E-state index contributed by atoms with van der Waals surface area (Å²) in [5.41, 5.74) is 0. The summed E-state index contributed by atoms with van der Waals surface area (Å²) < 4.78 is 5.85. The molecule has 0 heterocycles. The van der Waals surface area contributed by atoms with Crippen LogP contribution in [0.2, 0.25) is 0 Å². The molecule has 0 aromatic heterocycles. The van der Waals surface area contributed by atoms with Gasteiger partial charge in [0, 0.05) is 6.42 Å². The van der Waals surface area contributed by atoms with Crippen molar-refractivity contribution in [3.63, 3.8) is 0 Å². The van der Waals surface area contributed by atoms with Gasteiger partial charge in [-0.3, -0.25) is 9.59 Å². The van der Waals surface area contributed by atoms with Gasteiger partial charge in [-0.25, -0.2) is 0 Å². The Morgan fingerprint density at radius 2 is 0.930 bits per heavy atom. The molecule has 0 aromatic carbocycles. The van der Waals surface area contributed by atoms with Gasteiger partial charge >= 0.3 is 5.97 Å². The zero-order chi connectivity index (χ0) is 41.7. The first-order chi connectivity index (χ1) is 28.0. The van der Waals surface area contributed by atoms with Gasteiger partial charge in [0.05, 0.1) is 25.2 Å². The summed E-state index contributed by atoms with van der Waals surface area (Å²) in [5, 5.41) is 23.6. The third-order valence-corrected chi connectivity index (χ3v) is 10.6. The van der Waals surface area contributed by atoms with E-state index >= 15 is 0 Å². The Morgan fingerprint density at radius 3 is 1.37 bits per heavy atom. The highest BCUT2D eigenvalue weighted by atomic mass is 16.5. The molecule has 0 aliphatic carbocycles. The number of amides is 1. The maximum Gasteiger partial charge on any atom is 0.306 e. The molecule has 0 aliphatic rings. The zero-order valence-electron chi connectivity index (χ0n) is 37.5. The molecule has 0 bridgehead atoms. The first-order valence-corrected chi connectivity index (χ1v) is 24.0. The summed E-state index contributed by atoms with van der Waals surface area (Å²) in [6.45, 7) is 6.32. The number of hydrogen-bond donors (Lipinski definition) is 3.